The van der Waals surface area contributed by atoms with E-state index in [0.717, 1.165) is 28.9 Å². The van der Waals surface area contributed by atoms with E-state index < -0.39 is 11.6 Å². The molecule has 1 spiro atoms. The lowest BCUT2D eigenvalue weighted by Crippen LogP contribution is -2.44. The summed E-state index contributed by atoms with van der Waals surface area (Å²) in [6.07, 6.45) is 3.09. The number of carbonyl (C=O) groups is 4. The summed E-state index contributed by atoms with van der Waals surface area (Å²) in [4.78, 5) is 49.8. The lowest BCUT2D eigenvalue weighted by molar-refractivity contribution is -0.131. The minimum atomic E-state index is -0.765. The number of carbonyl (C=O) groups excluding carboxylic acids is 4. The number of hydrogen-bond donors (Lipinski definition) is 3. The molecule has 0 radical (unpaired) electrons. The van der Waals surface area contributed by atoms with E-state index in [1.165, 1.54) is 0 Å². The molecule has 1 aliphatic carbocycles. The summed E-state index contributed by atoms with van der Waals surface area (Å²) in [5.41, 5.74) is 1.98. The van der Waals surface area contributed by atoms with Gasteiger partial charge in [0.1, 0.15) is 5.54 Å². The van der Waals surface area contributed by atoms with Gasteiger partial charge < -0.3 is 16.0 Å². The maximum atomic E-state index is 12.5. The number of hydrogen-bond acceptors (Lipinski definition) is 4. The Morgan fingerprint density at radius 3 is 2.57 bits per heavy atom. The fourth-order valence-electron chi connectivity index (χ4n) is 3.76. The van der Waals surface area contributed by atoms with Gasteiger partial charge in [0.05, 0.1) is 6.54 Å². The third-order valence-corrected chi connectivity index (χ3v) is 5.59. The Balaban J connectivity index is 1.44. The van der Waals surface area contributed by atoms with Crippen LogP contribution < -0.4 is 16.0 Å². The zero-order valence-electron chi connectivity index (χ0n) is 16.3. The first-order valence-corrected chi connectivity index (χ1v) is 9.59. The number of benzene rings is 1. The predicted molar refractivity (Wildman–Crippen MR) is 104 cm³/mol. The van der Waals surface area contributed by atoms with Crippen molar-refractivity contribution in [2.24, 2.45) is 0 Å². The van der Waals surface area contributed by atoms with E-state index >= 15 is 0 Å². The highest BCUT2D eigenvalue weighted by Crippen LogP contribution is 2.34. The molecule has 0 bridgehead atoms. The van der Waals surface area contributed by atoms with Crippen molar-refractivity contribution < 1.29 is 19.2 Å². The predicted octanol–water partition coefficient (Wildman–Crippen LogP) is 1.61. The van der Waals surface area contributed by atoms with Crippen LogP contribution in [0.2, 0.25) is 0 Å². The third kappa shape index (κ3) is 4.00. The summed E-state index contributed by atoms with van der Waals surface area (Å²) < 4.78 is 0. The molecule has 150 valence electrons. The van der Waals surface area contributed by atoms with Gasteiger partial charge in [0.2, 0.25) is 11.8 Å². The molecule has 0 atom stereocenters. The number of amides is 5. The van der Waals surface area contributed by atoms with Crippen molar-refractivity contribution in [3.8, 4) is 0 Å². The molecule has 2 fully saturated rings. The highest BCUT2D eigenvalue weighted by molar-refractivity contribution is 6.07. The number of anilines is 1. The molecule has 3 N–H and O–H groups in total. The monoisotopic (exact) mass is 386 g/mol. The van der Waals surface area contributed by atoms with Gasteiger partial charge in [-0.15, -0.1) is 0 Å². The zero-order chi connectivity index (χ0) is 20.3. The second-order valence-corrected chi connectivity index (χ2v) is 7.50. The van der Waals surface area contributed by atoms with Crippen molar-refractivity contribution in [2.75, 3.05) is 18.4 Å². The molecule has 0 aromatic heterocycles. The van der Waals surface area contributed by atoms with E-state index in [2.05, 4.69) is 16.0 Å². The lowest BCUT2D eigenvalue weighted by atomic mass is 9.98. The molecule has 5 amide bonds. The van der Waals surface area contributed by atoms with Gasteiger partial charge in [0.15, 0.2) is 0 Å². The van der Waals surface area contributed by atoms with Gasteiger partial charge in [0, 0.05) is 18.7 Å². The van der Waals surface area contributed by atoms with E-state index in [1.807, 2.05) is 26.0 Å². The summed E-state index contributed by atoms with van der Waals surface area (Å²) in [5, 5.41) is 8.08. The van der Waals surface area contributed by atoms with Gasteiger partial charge in [-0.05, 0) is 43.9 Å². The van der Waals surface area contributed by atoms with Crippen LogP contribution in [0.25, 0.3) is 0 Å². The van der Waals surface area contributed by atoms with Gasteiger partial charge in [0.25, 0.3) is 5.91 Å². The number of nitrogens with zero attached hydrogens (tertiary/aromatic N) is 1. The smallest absolute Gasteiger partial charge is 0.325 e. The summed E-state index contributed by atoms with van der Waals surface area (Å²) in [6.45, 7) is 3.71. The molecule has 1 aliphatic heterocycles. The van der Waals surface area contributed by atoms with Crippen molar-refractivity contribution in [1.29, 1.82) is 0 Å². The molecule has 1 heterocycles. The van der Waals surface area contributed by atoms with Crippen LogP contribution in [0, 0.1) is 13.8 Å². The van der Waals surface area contributed by atoms with Crippen LogP contribution in [0.3, 0.4) is 0 Å². The largest absolute Gasteiger partial charge is 0.347 e. The number of urea groups is 1. The number of rotatable bonds is 6. The Labute approximate surface area is 164 Å². The molecule has 3 rings (SSSR count). The van der Waals surface area contributed by atoms with E-state index in [4.69, 9.17) is 0 Å². The van der Waals surface area contributed by atoms with E-state index in [1.54, 1.807) is 6.07 Å². The number of aryl methyl sites for hydroxylation is 1. The Hall–Kier alpha value is -2.90. The van der Waals surface area contributed by atoms with Crippen LogP contribution in [0.15, 0.2) is 18.2 Å². The topological polar surface area (TPSA) is 108 Å². The molecule has 2 aliphatic rings. The molecular weight excluding hydrogens is 360 g/mol. The molecule has 1 aromatic carbocycles. The maximum Gasteiger partial charge on any atom is 0.325 e. The SMILES string of the molecule is Cc1cccc(NC(=O)CNC(=O)CCN2C(=O)NC3(CCCC3)C2=O)c1C. The van der Waals surface area contributed by atoms with Gasteiger partial charge in [-0.2, -0.15) is 0 Å². The first-order chi connectivity index (χ1) is 13.3. The Morgan fingerprint density at radius 1 is 1.14 bits per heavy atom. The second kappa shape index (κ2) is 8.00. The summed E-state index contributed by atoms with van der Waals surface area (Å²) in [7, 11) is 0. The molecule has 1 aromatic rings. The molecule has 28 heavy (non-hydrogen) atoms. The third-order valence-electron chi connectivity index (χ3n) is 5.59. The first kappa shape index (κ1) is 19.9. The van der Waals surface area contributed by atoms with E-state index in [0.29, 0.717) is 18.5 Å². The lowest BCUT2D eigenvalue weighted by Gasteiger charge is -2.19. The fourth-order valence-corrected chi connectivity index (χ4v) is 3.76. The summed E-state index contributed by atoms with van der Waals surface area (Å²) >= 11 is 0. The average Bonchev–Trinajstić information content (AvgIpc) is 3.21. The van der Waals surface area contributed by atoms with Crippen molar-refractivity contribution in [1.82, 2.24) is 15.5 Å². The van der Waals surface area contributed by atoms with Crippen LogP contribution in [-0.2, 0) is 14.4 Å². The number of imide groups is 1. The van der Waals surface area contributed by atoms with Crippen LogP contribution in [0.1, 0.15) is 43.2 Å². The first-order valence-electron chi connectivity index (χ1n) is 9.59. The van der Waals surface area contributed by atoms with Crippen LogP contribution >= 0.6 is 0 Å². The Bertz CT molecular complexity index is 814. The van der Waals surface area contributed by atoms with Crippen LogP contribution in [0.4, 0.5) is 10.5 Å². The molecule has 1 saturated carbocycles. The summed E-state index contributed by atoms with van der Waals surface area (Å²) in [6, 6.07) is 5.18. The normalized spacial score (nSPS) is 17.7. The van der Waals surface area contributed by atoms with Crippen molar-refractivity contribution in [2.45, 2.75) is 51.5 Å². The van der Waals surface area contributed by atoms with Gasteiger partial charge in [-0.3, -0.25) is 19.3 Å². The minimum absolute atomic E-state index is 0.0108. The zero-order valence-corrected chi connectivity index (χ0v) is 16.3. The van der Waals surface area contributed by atoms with Gasteiger partial charge in [-0.1, -0.05) is 25.0 Å². The van der Waals surface area contributed by atoms with Crippen LogP contribution in [-0.4, -0.2) is 47.3 Å². The number of nitrogens with one attached hydrogen (secondary N) is 3. The Morgan fingerprint density at radius 2 is 1.86 bits per heavy atom. The van der Waals surface area contributed by atoms with Crippen molar-refractivity contribution in [3.05, 3.63) is 29.3 Å². The minimum Gasteiger partial charge on any atom is -0.347 e. The fraction of sp³-hybridized carbons (Fsp3) is 0.500. The van der Waals surface area contributed by atoms with Crippen LogP contribution in [0.5, 0.6) is 0 Å². The molecule has 0 unspecified atom stereocenters. The molecule has 8 heteroatoms. The average molecular weight is 386 g/mol. The molecule has 1 saturated heterocycles. The standard InChI is InChI=1S/C20H26N4O4/c1-13-6-5-7-15(14(13)2)22-17(26)12-21-16(25)8-11-24-18(27)20(23-19(24)28)9-3-4-10-20/h5-7H,3-4,8-12H2,1-2H3,(H,21,25)(H,22,26)(H,23,28). The summed E-state index contributed by atoms with van der Waals surface area (Å²) in [5.74, 6) is -0.957. The van der Waals surface area contributed by atoms with E-state index in [-0.39, 0.29) is 37.2 Å². The highest BCUT2D eigenvalue weighted by Gasteiger charge is 2.52. The van der Waals surface area contributed by atoms with Crippen molar-refractivity contribution in [3.63, 3.8) is 0 Å². The molecule has 8 nitrogen and oxygen atoms in total. The second-order valence-electron chi connectivity index (χ2n) is 7.50. The maximum absolute atomic E-state index is 12.5. The van der Waals surface area contributed by atoms with E-state index in [9.17, 15) is 19.2 Å². The highest BCUT2D eigenvalue weighted by atomic mass is 16.2. The molecular formula is C20H26N4O4. The quantitative estimate of drug-likeness (QED) is 0.646. The van der Waals surface area contributed by atoms with Gasteiger partial charge >= 0.3 is 6.03 Å². The Kier molecular flexibility index (Phi) is 5.67. The van der Waals surface area contributed by atoms with Gasteiger partial charge in [-0.25, -0.2) is 4.79 Å². The van der Waals surface area contributed by atoms with Crippen molar-refractivity contribution >= 4 is 29.4 Å².